The molecule has 1 saturated carbocycles. The Hall–Kier alpha value is -1.93. The minimum atomic E-state index is -3.69. The Kier molecular flexibility index (Phi) is 3.43. The van der Waals surface area contributed by atoms with Crippen molar-refractivity contribution in [1.29, 1.82) is 0 Å². The number of imide groups is 1. The molecule has 1 spiro atoms. The van der Waals surface area contributed by atoms with Gasteiger partial charge in [0, 0.05) is 13.1 Å². The first-order valence-electron chi connectivity index (χ1n) is 8.14. The van der Waals surface area contributed by atoms with Crippen LogP contribution in [0.1, 0.15) is 37.2 Å². The van der Waals surface area contributed by atoms with Crippen LogP contribution in [0.3, 0.4) is 0 Å². The number of hydrogen-bond donors (Lipinski definition) is 2. The maximum absolute atomic E-state index is 13.0. The summed E-state index contributed by atoms with van der Waals surface area (Å²) in [5.41, 5.74) is -0.0917. The number of hydrogen-bond acceptors (Lipinski definition) is 4. The van der Waals surface area contributed by atoms with Gasteiger partial charge in [-0.25, -0.2) is 13.2 Å². The van der Waals surface area contributed by atoms with E-state index in [1.807, 2.05) is 6.07 Å². The Balaban J connectivity index is 1.63. The molecule has 24 heavy (non-hydrogen) atoms. The molecule has 3 fully saturated rings. The fraction of sp³-hybridized carbons (Fsp3) is 0.500. The van der Waals surface area contributed by atoms with Gasteiger partial charge in [0.25, 0.3) is 5.91 Å². The third-order valence-corrected chi connectivity index (χ3v) is 6.86. The first-order valence-corrected chi connectivity index (χ1v) is 9.58. The summed E-state index contributed by atoms with van der Waals surface area (Å²) in [4.78, 5) is 23.8. The lowest BCUT2D eigenvalue weighted by molar-refractivity contribution is -0.125. The Bertz CT molecular complexity index is 818. The molecule has 3 amide bonds. The highest BCUT2D eigenvalue weighted by Gasteiger charge is 2.50. The first kappa shape index (κ1) is 15.6. The highest BCUT2D eigenvalue weighted by atomic mass is 32.2. The van der Waals surface area contributed by atoms with Crippen LogP contribution in [0.5, 0.6) is 0 Å². The number of urea groups is 1. The number of carbonyl (C=O) groups is 2. The molecule has 1 aromatic rings. The number of nitrogens with one attached hydrogen (secondary N) is 2. The third-order valence-electron chi connectivity index (χ3n) is 5.02. The van der Waals surface area contributed by atoms with Gasteiger partial charge in [-0.3, -0.25) is 10.1 Å². The zero-order valence-corrected chi connectivity index (χ0v) is 13.9. The normalized spacial score (nSPS) is 28.0. The molecule has 2 saturated heterocycles. The van der Waals surface area contributed by atoms with Crippen molar-refractivity contribution in [2.24, 2.45) is 0 Å². The maximum atomic E-state index is 13.0. The summed E-state index contributed by atoms with van der Waals surface area (Å²) in [6.45, 7) is 0.321. The second-order valence-electron chi connectivity index (χ2n) is 6.78. The van der Waals surface area contributed by atoms with Crippen LogP contribution in [0.4, 0.5) is 4.79 Å². The molecule has 3 aliphatic rings. The van der Waals surface area contributed by atoms with E-state index in [9.17, 15) is 18.0 Å². The van der Waals surface area contributed by atoms with Crippen molar-refractivity contribution >= 4 is 22.0 Å². The standard InChI is InChI=1S/C16H19N3O4S/c20-14-16(18-15(21)17-14)7-2-8-19(10-16)24(22,23)13-4-1-3-12(9-13)11-5-6-11/h1,3-4,9,11H,2,5-8,10H2,(H2,17,18,20,21). The fourth-order valence-corrected chi connectivity index (χ4v) is 5.13. The predicted octanol–water partition coefficient (Wildman–Crippen LogP) is 0.927. The van der Waals surface area contributed by atoms with Crippen LogP contribution >= 0.6 is 0 Å². The van der Waals surface area contributed by atoms with Gasteiger partial charge in [0.1, 0.15) is 5.54 Å². The van der Waals surface area contributed by atoms with Crippen LogP contribution < -0.4 is 10.6 Å². The fourth-order valence-electron chi connectivity index (χ4n) is 3.53. The zero-order chi connectivity index (χ0) is 16.9. The Morgan fingerprint density at radius 1 is 1.21 bits per heavy atom. The molecule has 0 aromatic heterocycles. The molecule has 1 unspecified atom stereocenters. The van der Waals surface area contributed by atoms with Crippen molar-refractivity contribution < 1.29 is 18.0 Å². The van der Waals surface area contributed by atoms with Crippen molar-refractivity contribution in [2.75, 3.05) is 13.1 Å². The molecule has 2 heterocycles. The minimum absolute atomic E-state index is 0.0272. The van der Waals surface area contributed by atoms with Crippen molar-refractivity contribution in [2.45, 2.75) is 42.0 Å². The number of benzene rings is 1. The summed E-state index contributed by atoms with van der Waals surface area (Å²) in [7, 11) is -3.69. The van der Waals surface area contributed by atoms with E-state index in [2.05, 4.69) is 10.6 Å². The molecule has 1 atom stereocenters. The van der Waals surface area contributed by atoms with Crippen molar-refractivity contribution in [3.05, 3.63) is 29.8 Å². The molecule has 1 aromatic carbocycles. The predicted molar refractivity (Wildman–Crippen MR) is 85.8 cm³/mol. The van der Waals surface area contributed by atoms with Gasteiger partial charge in [-0.1, -0.05) is 12.1 Å². The monoisotopic (exact) mass is 349 g/mol. The molecule has 128 valence electrons. The lowest BCUT2D eigenvalue weighted by Crippen LogP contribution is -2.59. The van der Waals surface area contributed by atoms with E-state index < -0.39 is 27.5 Å². The van der Waals surface area contributed by atoms with E-state index in [4.69, 9.17) is 0 Å². The summed E-state index contributed by atoms with van der Waals surface area (Å²) >= 11 is 0. The average Bonchev–Trinajstić information content (AvgIpc) is 3.36. The van der Waals surface area contributed by atoms with E-state index in [1.165, 1.54) is 4.31 Å². The van der Waals surface area contributed by atoms with E-state index >= 15 is 0 Å². The van der Waals surface area contributed by atoms with Crippen LogP contribution in [-0.4, -0.2) is 43.3 Å². The van der Waals surface area contributed by atoms with Gasteiger partial charge < -0.3 is 5.32 Å². The number of amides is 3. The number of piperidine rings is 1. The first-order chi connectivity index (χ1) is 11.4. The van der Waals surface area contributed by atoms with Crippen LogP contribution in [0, 0.1) is 0 Å². The molecule has 1 aliphatic carbocycles. The minimum Gasteiger partial charge on any atom is -0.322 e. The molecule has 7 nitrogen and oxygen atoms in total. The molecule has 2 aliphatic heterocycles. The number of rotatable bonds is 3. The van der Waals surface area contributed by atoms with Gasteiger partial charge in [-0.15, -0.1) is 0 Å². The van der Waals surface area contributed by atoms with Crippen molar-refractivity contribution in [3.63, 3.8) is 0 Å². The lowest BCUT2D eigenvalue weighted by atomic mass is 9.90. The van der Waals surface area contributed by atoms with Crippen molar-refractivity contribution in [3.8, 4) is 0 Å². The summed E-state index contributed by atoms with van der Waals surface area (Å²) in [5, 5.41) is 4.82. The quantitative estimate of drug-likeness (QED) is 0.794. The average molecular weight is 349 g/mol. The van der Waals surface area contributed by atoms with Gasteiger partial charge in [0.05, 0.1) is 4.90 Å². The van der Waals surface area contributed by atoms with Gasteiger partial charge in [0.2, 0.25) is 10.0 Å². The number of sulfonamides is 1. The number of carbonyl (C=O) groups excluding carboxylic acids is 2. The maximum Gasteiger partial charge on any atom is 0.322 e. The highest BCUT2D eigenvalue weighted by molar-refractivity contribution is 7.89. The highest BCUT2D eigenvalue weighted by Crippen LogP contribution is 2.41. The lowest BCUT2D eigenvalue weighted by Gasteiger charge is -2.37. The van der Waals surface area contributed by atoms with Crippen LogP contribution in [0.25, 0.3) is 0 Å². The van der Waals surface area contributed by atoms with Crippen LogP contribution in [-0.2, 0) is 14.8 Å². The SMILES string of the molecule is O=C1NC(=O)C2(CCCN(S(=O)(=O)c3cccc(C4CC4)c3)C2)N1. The van der Waals surface area contributed by atoms with E-state index in [-0.39, 0.29) is 11.4 Å². The molecular formula is C16H19N3O4S. The van der Waals surface area contributed by atoms with Crippen molar-refractivity contribution in [1.82, 2.24) is 14.9 Å². The van der Waals surface area contributed by atoms with Gasteiger partial charge in [-0.05, 0) is 49.3 Å². The van der Waals surface area contributed by atoms with Gasteiger partial charge in [-0.2, -0.15) is 4.31 Å². The summed E-state index contributed by atoms with van der Waals surface area (Å²) < 4.78 is 27.3. The van der Waals surface area contributed by atoms with E-state index in [1.54, 1.807) is 18.2 Å². The van der Waals surface area contributed by atoms with Crippen LogP contribution in [0.2, 0.25) is 0 Å². The topological polar surface area (TPSA) is 95.6 Å². The molecule has 8 heteroatoms. The summed E-state index contributed by atoms with van der Waals surface area (Å²) in [6.07, 6.45) is 3.17. The largest absolute Gasteiger partial charge is 0.322 e. The molecular weight excluding hydrogens is 330 g/mol. The Morgan fingerprint density at radius 2 is 2.00 bits per heavy atom. The number of nitrogens with zero attached hydrogens (tertiary/aromatic N) is 1. The van der Waals surface area contributed by atoms with E-state index in [0.717, 1.165) is 18.4 Å². The summed E-state index contributed by atoms with van der Waals surface area (Å²) in [6, 6.07) is 6.50. The molecule has 2 N–H and O–H groups in total. The van der Waals surface area contributed by atoms with Gasteiger partial charge >= 0.3 is 6.03 Å². The molecule has 4 rings (SSSR count). The Labute approximate surface area is 140 Å². The zero-order valence-electron chi connectivity index (χ0n) is 13.1. The van der Waals surface area contributed by atoms with E-state index in [0.29, 0.717) is 25.3 Å². The summed E-state index contributed by atoms with van der Waals surface area (Å²) in [5.74, 6) is 0.0203. The second kappa shape index (κ2) is 5.29. The Morgan fingerprint density at radius 3 is 2.67 bits per heavy atom. The molecule has 0 radical (unpaired) electrons. The van der Waals surface area contributed by atoms with Gasteiger partial charge in [0.15, 0.2) is 0 Å². The molecule has 0 bridgehead atoms. The second-order valence-corrected chi connectivity index (χ2v) is 8.72. The third kappa shape index (κ3) is 2.50. The van der Waals surface area contributed by atoms with Crippen LogP contribution in [0.15, 0.2) is 29.2 Å². The smallest absolute Gasteiger partial charge is 0.322 e.